The van der Waals surface area contributed by atoms with Crippen molar-refractivity contribution in [2.24, 2.45) is 5.92 Å². The van der Waals surface area contributed by atoms with E-state index >= 15 is 0 Å². The summed E-state index contributed by atoms with van der Waals surface area (Å²) in [6.07, 6.45) is 4.63. The quantitative estimate of drug-likeness (QED) is 0.598. The van der Waals surface area contributed by atoms with Crippen LogP contribution in [0.25, 0.3) is 0 Å². The Kier molecular flexibility index (Phi) is 8.94. The van der Waals surface area contributed by atoms with Crippen LogP contribution in [0, 0.1) is 5.92 Å². The molecule has 0 spiro atoms. The van der Waals surface area contributed by atoms with Crippen molar-refractivity contribution in [3.05, 3.63) is 71.3 Å². The molecule has 6 heteroatoms. The third-order valence-electron chi connectivity index (χ3n) is 7.63. The van der Waals surface area contributed by atoms with Crippen LogP contribution in [0.4, 0.5) is 0 Å². The predicted octanol–water partition coefficient (Wildman–Crippen LogP) is 3.70. The molecule has 0 aliphatic carbocycles. The van der Waals surface area contributed by atoms with E-state index in [1.807, 2.05) is 24.3 Å². The highest BCUT2D eigenvalue weighted by atomic mass is 16.2. The number of rotatable bonds is 7. The number of likely N-dealkylation sites (tertiary alicyclic amines) is 2. The van der Waals surface area contributed by atoms with Gasteiger partial charge in [-0.25, -0.2) is 0 Å². The van der Waals surface area contributed by atoms with E-state index in [1.54, 1.807) is 0 Å². The molecule has 2 aromatic rings. The van der Waals surface area contributed by atoms with Gasteiger partial charge < -0.3 is 10.6 Å². The van der Waals surface area contributed by atoms with Crippen LogP contribution in [0.5, 0.6) is 0 Å². The lowest BCUT2D eigenvalue weighted by Gasteiger charge is -2.37. The maximum atomic E-state index is 12.7. The standard InChI is InChI=1S/C29H40N4O2/c1-22-19-32(20-24-11-4-3-5-12-24)17-15-27(22)31-29(35)28(34)30-18-25-13-6-7-14-26(25)21-33-16-9-8-10-23(33)2/h3-7,11-14,22-23,27H,8-10,15-21H2,1-2H3,(H,30,34)(H,31,35)/t22-,23-,27-/m0/s1. The van der Waals surface area contributed by atoms with Gasteiger partial charge in [0.15, 0.2) is 0 Å². The molecular formula is C29H40N4O2. The van der Waals surface area contributed by atoms with E-state index in [-0.39, 0.29) is 12.0 Å². The third-order valence-corrected chi connectivity index (χ3v) is 7.63. The molecule has 2 aromatic carbocycles. The number of hydrogen-bond donors (Lipinski definition) is 2. The van der Waals surface area contributed by atoms with Crippen LogP contribution in [0.3, 0.4) is 0 Å². The number of carbonyl (C=O) groups excluding carboxylic acids is 2. The number of hydrogen-bond acceptors (Lipinski definition) is 4. The fourth-order valence-corrected chi connectivity index (χ4v) is 5.42. The molecule has 6 nitrogen and oxygen atoms in total. The molecule has 3 atom stereocenters. The van der Waals surface area contributed by atoms with Crippen molar-refractivity contribution in [1.82, 2.24) is 20.4 Å². The maximum Gasteiger partial charge on any atom is 0.309 e. The van der Waals surface area contributed by atoms with Gasteiger partial charge in [0.25, 0.3) is 0 Å². The topological polar surface area (TPSA) is 64.7 Å². The van der Waals surface area contributed by atoms with Crippen molar-refractivity contribution < 1.29 is 9.59 Å². The highest BCUT2D eigenvalue weighted by Crippen LogP contribution is 2.21. The first-order chi connectivity index (χ1) is 17.0. The molecule has 2 amide bonds. The summed E-state index contributed by atoms with van der Waals surface area (Å²) in [5.74, 6) is -0.790. The first-order valence-corrected chi connectivity index (χ1v) is 13.2. The molecule has 0 aromatic heterocycles. The van der Waals surface area contributed by atoms with Crippen LogP contribution in [0.1, 0.15) is 56.2 Å². The Hall–Kier alpha value is -2.70. The molecular weight excluding hydrogens is 436 g/mol. The van der Waals surface area contributed by atoms with E-state index in [2.05, 4.69) is 64.6 Å². The molecule has 2 N–H and O–H groups in total. The second-order valence-corrected chi connectivity index (χ2v) is 10.3. The largest absolute Gasteiger partial charge is 0.345 e. The van der Waals surface area contributed by atoms with Crippen LogP contribution >= 0.6 is 0 Å². The van der Waals surface area contributed by atoms with Crippen LogP contribution in [0.2, 0.25) is 0 Å². The Morgan fingerprint density at radius 2 is 1.60 bits per heavy atom. The monoisotopic (exact) mass is 476 g/mol. The molecule has 35 heavy (non-hydrogen) atoms. The summed E-state index contributed by atoms with van der Waals surface area (Å²) in [5, 5.41) is 5.84. The maximum absolute atomic E-state index is 12.7. The Labute approximate surface area is 210 Å². The van der Waals surface area contributed by atoms with Crippen molar-refractivity contribution in [1.29, 1.82) is 0 Å². The zero-order valence-electron chi connectivity index (χ0n) is 21.2. The van der Waals surface area contributed by atoms with Gasteiger partial charge in [-0.05, 0) is 55.3 Å². The van der Waals surface area contributed by atoms with E-state index < -0.39 is 11.8 Å². The normalized spacial score (nSPS) is 23.5. The number of carbonyl (C=O) groups is 2. The minimum absolute atomic E-state index is 0.0214. The van der Waals surface area contributed by atoms with E-state index in [0.717, 1.165) is 44.7 Å². The van der Waals surface area contributed by atoms with Crippen molar-refractivity contribution in [3.63, 3.8) is 0 Å². The van der Waals surface area contributed by atoms with Gasteiger partial charge in [-0.3, -0.25) is 19.4 Å². The van der Waals surface area contributed by atoms with Crippen molar-refractivity contribution in [2.75, 3.05) is 19.6 Å². The summed E-state index contributed by atoms with van der Waals surface area (Å²) in [4.78, 5) is 30.2. The van der Waals surface area contributed by atoms with Crippen LogP contribution in [-0.2, 0) is 29.2 Å². The van der Waals surface area contributed by atoms with Crippen molar-refractivity contribution in [3.8, 4) is 0 Å². The van der Waals surface area contributed by atoms with Crippen molar-refractivity contribution >= 4 is 11.8 Å². The Morgan fingerprint density at radius 1 is 0.857 bits per heavy atom. The minimum Gasteiger partial charge on any atom is -0.345 e. The van der Waals surface area contributed by atoms with E-state index in [1.165, 1.54) is 30.4 Å². The molecule has 2 heterocycles. The van der Waals surface area contributed by atoms with Gasteiger partial charge in [-0.2, -0.15) is 0 Å². The second-order valence-electron chi connectivity index (χ2n) is 10.3. The van der Waals surface area contributed by atoms with Gasteiger partial charge >= 0.3 is 11.8 Å². The average Bonchev–Trinajstić information content (AvgIpc) is 2.87. The fraction of sp³-hybridized carbons (Fsp3) is 0.517. The SMILES string of the molecule is C[C@H]1CN(Cc2ccccc2)CC[C@@H]1NC(=O)C(=O)NCc1ccccc1CN1CCCC[C@@H]1C. The van der Waals surface area contributed by atoms with Crippen LogP contribution in [-0.4, -0.2) is 53.3 Å². The molecule has 0 unspecified atom stereocenters. The zero-order chi connectivity index (χ0) is 24.6. The van der Waals surface area contributed by atoms with E-state index in [4.69, 9.17) is 0 Å². The smallest absolute Gasteiger partial charge is 0.309 e. The zero-order valence-corrected chi connectivity index (χ0v) is 21.2. The number of piperidine rings is 2. The van der Waals surface area contributed by atoms with Crippen LogP contribution in [0.15, 0.2) is 54.6 Å². The fourth-order valence-electron chi connectivity index (χ4n) is 5.42. The van der Waals surface area contributed by atoms with Crippen molar-refractivity contribution in [2.45, 2.75) is 71.2 Å². The summed E-state index contributed by atoms with van der Waals surface area (Å²) in [6.45, 7) is 9.56. The molecule has 2 saturated heterocycles. The Morgan fingerprint density at radius 3 is 2.34 bits per heavy atom. The molecule has 2 aliphatic rings. The van der Waals surface area contributed by atoms with Gasteiger partial charge in [0.1, 0.15) is 0 Å². The highest BCUT2D eigenvalue weighted by molar-refractivity contribution is 6.35. The average molecular weight is 477 g/mol. The van der Waals surface area contributed by atoms with E-state index in [0.29, 0.717) is 12.6 Å². The summed E-state index contributed by atoms with van der Waals surface area (Å²) < 4.78 is 0. The molecule has 188 valence electrons. The number of nitrogens with one attached hydrogen (secondary N) is 2. The first kappa shape index (κ1) is 25.4. The summed E-state index contributed by atoms with van der Waals surface area (Å²) in [6, 6.07) is 19.3. The van der Waals surface area contributed by atoms with Crippen LogP contribution < -0.4 is 10.6 Å². The molecule has 0 bridgehead atoms. The number of nitrogens with zero attached hydrogens (tertiary/aromatic N) is 2. The summed E-state index contributed by atoms with van der Waals surface area (Å²) in [5.41, 5.74) is 3.60. The van der Waals surface area contributed by atoms with Gasteiger partial charge in [-0.15, -0.1) is 0 Å². The summed E-state index contributed by atoms with van der Waals surface area (Å²) in [7, 11) is 0. The van der Waals surface area contributed by atoms with E-state index in [9.17, 15) is 9.59 Å². The van der Waals surface area contributed by atoms with Gasteiger partial charge in [-0.1, -0.05) is 67.9 Å². The lowest BCUT2D eigenvalue weighted by atomic mass is 9.93. The third kappa shape index (κ3) is 7.15. The second kappa shape index (κ2) is 12.3. The molecule has 0 saturated carbocycles. The Bertz CT molecular complexity index is 980. The number of amides is 2. The van der Waals surface area contributed by atoms with Gasteiger partial charge in [0.2, 0.25) is 0 Å². The molecule has 2 aliphatic heterocycles. The molecule has 0 radical (unpaired) electrons. The minimum atomic E-state index is -0.551. The Balaban J connectivity index is 1.24. The van der Waals surface area contributed by atoms with Gasteiger partial charge in [0.05, 0.1) is 0 Å². The highest BCUT2D eigenvalue weighted by Gasteiger charge is 2.29. The first-order valence-electron chi connectivity index (χ1n) is 13.2. The lowest BCUT2D eigenvalue weighted by Crippen LogP contribution is -2.52. The molecule has 2 fully saturated rings. The number of benzene rings is 2. The van der Waals surface area contributed by atoms with Gasteiger partial charge in [0, 0.05) is 44.8 Å². The summed E-state index contributed by atoms with van der Waals surface area (Å²) >= 11 is 0. The predicted molar refractivity (Wildman–Crippen MR) is 139 cm³/mol. The lowest BCUT2D eigenvalue weighted by molar-refractivity contribution is -0.140. The molecule has 4 rings (SSSR count).